The van der Waals surface area contributed by atoms with Gasteiger partial charge in [0.1, 0.15) is 5.54 Å². The van der Waals surface area contributed by atoms with Gasteiger partial charge in [-0.25, -0.2) is 0 Å². The zero-order valence-electron chi connectivity index (χ0n) is 12.7. The van der Waals surface area contributed by atoms with Gasteiger partial charge in [-0.3, -0.25) is 4.90 Å². The van der Waals surface area contributed by atoms with Gasteiger partial charge in [0, 0.05) is 18.6 Å². The lowest BCUT2D eigenvalue weighted by molar-refractivity contribution is 0.0633. The van der Waals surface area contributed by atoms with Crippen molar-refractivity contribution in [1.82, 2.24) is 15.1 Å². The Labute approximate surface area is 117 Å². The Hall–Kier alpha value is -0.630. The Morgan fingerprint density at radius 1 is 1.32 bits per heavy atom. The number of hydrogen-bond acceptors (Lipinski definition) is 4. The van der Waals surface area contributed by atoms with E-state index in [-0.39, 0.29) is 5.54 Å². The Bertz CT molecular complexity index is 336. The zero-order valence-corrected chi connectivity index (χ0v) is 12.7. The minimum absolute atomic E-state index is 0.284. The fourth-order valence-electron chi connectivity index (χ4n) is 3.68. The average molecular weight is 264 g/mol. The molecule has 1 saturated heterocycles. The molecule has 0 spiro atoms. The van der Waals surface area contributed by atoms with E-state index >= 15 is 0 Å². The van der Waals surface area contributed by atoms with Gasteiger partial charge in [0.25, 0.3) is 0 Å². The van der Waals surface area contributed by atoms with Crippen LogP contribution >= 0.6 is 0 Å². The highest BCUT2D eigenvalue weighted by Crippen LogP contribution is 2.32. The molecule has 1 heterocycles. The molecule has 1 aliphatic carbocycles. The third-order valence-corrected chi connectivity index (χ3v) is 5.09. The molecule has 0 aromatic heterocycles. The Kier molecular flexibility index (Phi) is 4.83. The van der Waals surface area contributed by atoms with Gasteiger partial charge in [-0.05, 0) is 66.2 Å². The lowest BCUT2D eigenvalue weighted by Crippen LogP contribution is -2.55. The van der Waals surface area contributed by atoms with Crippen LogP contribution in [-0.2, 0) is 0 Å². The fraction of sp³-hybridized carbons (Fsp3) is 0.933. The molecule has 4 nitrogen and oxygen atoms in total. The molecular weight excluding hydrogens is 236 g/mol. The predicted octanol–water partition coefficient (Wildman–Crippen LogP) is 1.44. The first-order valence-corrected chi connectivity index (χ1v) is 7.61. The molecule has 1 aliphatic heterocycles. The maximum Gasteiger partial charge on any atom is 0.108 e. The topological polar surface area (TPSA) is 42.3 Å². The number of nitrogens with zero attached hydrogens (tertiary/aromatic N) is 3. The molecule has 2 rings (SSSR count). The van der Waals surface area contributed by atoms with Gasteiger partial charge < -0.3 is 10.2 Å². The summed E-state index contributed by atoms with van der Waals surface area (Å²) >= 11 is 0. The van der Waals surface area contributed by atoms with Crippen molar-refractivity contribution in [3.63, 3.8) is 0 Å². The van der Waals surface area contributed by atoms with Gasteiger partial charge in [-0.2, -0.15) is 5.26 Å². The van der Waals surface area contributed by atoms with Crippen LogP contribution in [0.2, 0.25) is 0 Å². The normalized spacial score (nSPS) is 37.2. The number of likely N-dealkylation sites (tertiary alicyclic amines) is 1. The van der Waals surface area contributed by atoms with Crippen LogP contribution in [0.25, 0.3) is 0 Å². The molecular formula is C15H28N4. The number of likely N-dealkylation sites (N-methyl/N-ethyl adjacent to an activating group) is 1. The van der Waals surface area contributed by atoms with E-state index in [2.05, 4.69) is 35.3 Å². The molecule has 0 aromatic rings. The van der Waals surface area contributed by atoms with E-state index in [1.807, 2.05) is 7.05 Å². The van der Waals surface area contributed by atoms with E-state index in [0.717, 1.165) is 12.8 Å². The van der Waals surface area contributed by atoms with Gasteiger partial charge in [-0.1, -0.05) is 0 Å². The van der Waals surface area contributed by atoms with Crippen LogP contribution in [0, 0.1) is 11.3 Å². The Morgan fingerprint density at radius 2 is 2.11 bits per heavy atom. The molecule has 19 heavy (non-hydrogen) atoms. The van der Waals surface area contributed by atoms with Crippen molar-refractivity contribution in [1.29, 1.82) is 5.26 Å². The first-order valence-electron chi connectivity index (χ1n) is 7.61. The molecule has 2 aliphatic rings. The maximum atomic E-state index is 9.46. The Morgan fingerprint density at radius 3 is 2.74 bits per heavy atom. The van der Waals surface area contributed by atoms with Gasteiger partial charge >= 0.3 is 0 Å². The smallest absolute Gasteiger partial charge is 0.108 e. The largest absolute Gasteiger partial charge is 0.305 e. The predicted molar refractivity (Wildman–Crippen MR) is 77.9 cm³/mol. The van der Waals surface area contributed by atoms with Gasteiger partial charge in [0.15, 0.2) is 0 Å². The summed E-state index contributed by atoms with van der Waals surface area (Å²) in [5.41, 5.74) is -0.284. The van der Waals surface area contributed by atoms with Gasteiger partial charge in [-0.15, -0.1) is 0 Å². The number of hydrogen-bond donors (Lipinski definition) is 1. The van der Waals surface area contributed by atoms with Crippen molar-refractivity contribution in [2.24, 2.45) is 0 Å². The van der Waals surface area contributed by atoms with E-state index < -0.39 is 0 Å². The van der Waals surface area contributed by atoms with Crippen molar-refractivity contribution >= 4 is 0 Å². The second-order valence-electron chi connectivity index (χ2n) is 6.45. The second kappa shape index (κ2) is 6.21. The van der Waals surface area contributed by atoms with Crippen LogP contribution in [0.1, 0.15) is 38.5 Å². The Balaban J connectivity index is 1.99. The van der Waals surface area contributed by atoms with Crippen LogP contribution in [0.5, 0.6) is 0 Å². The quantitative estimate of drug-likeness (QED) is 0.837. The van der Waals surface area contributed by atoms with E-state index in [4.69, 9.17) is 0 Å². The highest BCUT2D eigenvalue weighted by Gasteiger charge is 2.38. The van der Waals surface area contributed by atoms with E-state index in [9.17, 15) is 5.26 Å². The lowest BCUT2D eigenvalue weighted by Gasteiger charge is -2.45. The van der Waals surface area contributed by atoms with Crippen LogP contribution in [0.3, 0.4) is 0 Å². The zero-order chi connectivity index (χ0) is 13.9. The van der Waals surface area contributed by atoms with Crippen molar-refractivity contribution < 1.29 is 0 Å². The minimum Gasteiger partial charge on any atom is -0.305 e. The highest BCUT2D eigenvalue weighted by atomic mass is 15.2. The monoisotopic (exact) mass is 264 g/mol. The molecule has 0 radical (unpaired) electrons. The van der Waals surface area contributed by atoms with E-state index in [1.165, 1.54) is 38.8 Å². The van der Waals surface area contributed by atoms with Crippen molar-refractivity contribution in [2.45, 2.75) is 56.1 Å². The average Bonchev–Trinajstić information content (AvgIpc) is 2.47. The highest BCUT2D eigenvalue weighted by molar-refractivity contribution is 5.10. The third kappa shape index (κ3) is 3.28. The number of piperidine rings is 1. The third-order valence-electron chi connectivity index (χ3n) is 5.09. The van der Waals surface area contributed by atoms with Crippen LogP contribution < -0.4 is 5.32 Å². The summed E-state index contributed by atoms with van der Waals surface area (Å²) in [6.45, 7) is 2.38. The molecule has 3 atom stereocenters. The summed E-state index contributed by atoms with van der Waals surface area (Å²) in [5, 5.41) is 12.7. The SMILES string of the molecule is CNC1(C#N)CCCC(N2CCCC(N(C)C)C2)C1. The van der Waals surface area contributed by atoms with Gasteiger partial charge in [0.05, 0.1) is 6.07 Å². The molecule has 1 saturated carbocycles. The van der Waals surface area contributed by atoms with Crippen LogP contribution in [0.15, 0.2) is 0 Å². The number of nitriles is 1. The summed E-state index contributed by atoms with van der Waals surface area (Å²) < 4.78 is 0. The number of rotatable bonds is 3. The van der Waals surface area contributed by atoms with E-state index in [1.54, 1.807) is 0 Å². The first kappa shape index (κ1) is 14.8. The molecule has 0 bridgehead atoms. The summed E-state index contributed by atoms with van der Waals surface area (Å²) in [4.78, 5) is 4.99. The van der Waals surface area contributed by atoms with E-state index in [0.29, 0.717) is 12.1 Å². The summed E-state index contributed by atoms with van der Waals surface area (Å²) in [6, 6.07) is 3.79. The van der Waals surface area contributed by atoms with Gasteiger partial charge in [0.2, 0.25) is 0 Å². The summed E-state index contributed by atoms with van der Waals surface area (Å²) in [7, 11) is 6.30. The molecule has 3 unspecified atom stereocenters. The standard InChI is InChI=1S/C15H28N4/c1-17-15(12-16)8-4-6-13(10-15)19-9-5-7-14(11-19)18(2)3/h13-14,17H,4-11H2,1-3H3. The summed E-state index contributed by atoms with van der Waals surface area (Å²) in [5.74, 6) is 0. The molecule has 0 amide bonds. The van der Waals surface area contributed by atoms with Crippen LogP contribution in [-0.4, -0.2) is 61.7 Å². The maximum absolute atomic E-state index is 9.46. The summed E-state index contributed by atoms with van der Waals surface area (Å²) in [6.07, 6.45) is 7.01. The second-order valence-corrected chi connectivity index (χ2v) is 6.45. The fourth-order valence-corrected chi connectivity index (χ4v) is 3.68. The number of nitrogens with one attached hydrogen (secondary N) is 1. The van der Waals surface area contributed by atoms with Crippen molar-refractivity contribution in [3.8, 4) is 6.07 Å². The molecule has 108 valence electrons. The lowest BCUT2D eigenvalue weighted by atomic mass is 9.79. The first-order chi connectivity index (χ1) is 9.10. The molecule has 0 aromatic carbocycles. The molecule has 1 N–H and O–H groups in total. The molecule has 2 fully saturated rings. The van der Waals surface area contributed by atoms with Crippen molar-refractivity contribution in [3.05, 3.63) is 0 Å². The molecule has 4 heteroatoms. The van der Waals surface area contributed by atoms with Crippen molar-refractivity contribution in [2.75, 3.05) is 34.2 Å². The minimum atomic E-state index is -0.284. The van der Waals surface area contributed by atoms with Crippen LogP contribution in [0.4, 0.5) is 0 Å².